The maximum Gasteiger partial charge on any atom is 0.230 e. The maximum atomic E-state index is 12.5. The fraction of sp³-hybridized carbons (Fsp3) is 0.438. The van der Waals surface area contributed by atoms with E-state index < -0.39 is 0 Å². The topological polar surface area (TPSA) is 78.1 Å². The molecular formula is C16H19ClN4O2. The highest BCUT2D eigenvalue weighted by molar-refractivity contribution is 6.35. The molecule has 2 amide bonds. The standard InChI is InChI=1S/C16H19ClN4O2/c1-2-13(22)21-8-4-5-10(9-21)16(23)18-15-11-6-3-7-12(17)14(11)19-20-15/h3,6-7,10H,2,4-5,8-9H2,1H3,(H2,18,19,20,23). The second-order valence-corrected chi connectivity index (χ2v) is 6.16. The van der Waals surface area contributed by atoms with E-state index in [4.69, 9.17) is 11.6 Å². The van der Waals surface area contributed by atoms with Gasteiger partial charge in [0.15, 0.2) is 5.82 Å². The van der Waals surface area contributed by atoms with Crippen molar-refractivity contribution in [1.82, 2.24) is 15.1 Å². The number of fused-ring (bicyclic) bond motifs is 1. The Bertz CT molecular complexity index is 743. The van der Waals surface area contributed by atoms with Crippen LogP contribution in [-0.2, 0) is 9.59 Å². The summed E-state index contributed by atoms with van der Waals surface area (Å²) in [6, 6.07) is 5.44. The molecule has 2 aromatic rings. The summed E-state index contributed by atoms with van der Waals surface area (Å²) in [6.45, 7) is 3.05. The summed E-state index contributed by atoms with van der Waals surface area (Å²) >= 11 is 6.10. The third kappa shape index (κ3) is 3.17. The van der Waals surface area contributed by atoms with Crippen molar-refractivity contribution in [2.45, 2.75) is 26.2 Å². The van der Waals surface area contributed by atoms with Gasteiger partial charge in [0.25, 0.3) is 0 Å². The molecule has 0 bridgehead atoms. The van der Waals surface area contributed by atoms with Crippen molar-refractivity contribution in [3.8, 4) is 0 Å². The van der Waals surface area contributed by atoms with Crippen molar-refractivity contribution in [1.29, 1.82) is 0 Å². The van der Waals surface area contributed by atoms with Crippen molar-refractivity contribution < 1.29 is 9.59 Å². The summed E-state index contributed by atoms with van der Waals surface area (Å²) in [7, 11) is 0. The average molecular weight is 335 g/mol. The lowest BCUT2D eigenvalue weighted by Crippen LogP contribution is -2.43. The van der Waals surface area contributed by atoms with E-state index in [2.05, 4.69) is 15.5 Å². The van der Waals surface area contributed by atoms with Crippen LogP contribution in [0.2, 0.25) is 5.02 Å². The Morgan fingerprint density at radius 3 is 3.09 bits per heavy atom. The molecule has 1 atom stereocenters. The molecule has 1 unspecified atom stereocenters. The summed E-state index contributed by atoms with van der Waals surface area (Å²) in [5.41, 5.74) is 0.705. The van der Waals surface area contributed by atoms with Crippen molar-refractivity contribution >= 4 is 40.1 Å². The van der Waals surface area contributed by atoms with Gasteiger partial charge < -0.3 is 10.2 Å². The predicted molar refractivity (Wildman–Crippen MR) is 89.3 cm³/mol. The first kappa shape index (κ1) is 15.8. The molecule has 0 aliphatic carbocycles. The van der Waals surface area contributed by atoms with Gasteiger partial charge in [-0.25, -0.2) is 0 Å². The lowest BCUT2D eigenvalue weighted by atomic mass is 9.97. The SMILES string of the molecule is CCC(=O)N1CCCC(C(=O)Nc2n[nH]c3c(Cl)cccc23)C1. The molecule has 0 radical (unpaired) electrons. The molecule has 7 heteroatoms. The number of para-hydroxylation sites is 1. The Labute approximate surface area is 139 Å². The van der Waals surface area contributed by atoms with Crippen LogP contribution in [0.5, 0.6) is 0 Å². The van der Waals surface area contributed by atoms with E-state index in [1.807, 2.05) is 19.1 Å². The molecule has 1 aliphatic heterocycles. The zero-order valence-corrected chi connectivity index (χ0v) is 13.7. The third-order valence-electron chi connectivity index (χ3n) is 4.24. The van der Waals surface area contributed by atoms with Gasteiger partial charge in [-0.2, -0.15) is 5.10 Å². The molecule has 2 heterocycles. The minimum Gasteiger partial charge on any atom is -0.342 e. The fourth-order valence-corrected chi connectivity index (χ4v) is 3.18. The number of aromatic amines is 1. The monoisotopic (exact) mass is 334 g/mol. The molecule has 23 heavy (non-hydrogen) atoms. The van der Waals surface area contributed by atoms with Crippen LogP contribution in [0, 0.1) is 5.92 Å². The number of hydrogen-bond donors (Lipinski definition) is 2. The summed E-state index contributed by atoms with van der Waals surface area (Å²) in [4.78, 5) is 26.1. The van der Waals surface area contributed by atoms with Crippen molar-refractivity contribution in [3.05, 3.63) is 23.2 Å². The van der Waals surface area contributed by atoms with Crippen molar-refractivity contribution in [2.24, 2.45) is 5.92 Å². The molecule has 3 rings (SSSR count). The van der Waals surface area contributed by atoms with Crippen LogP contribution in [0.3, 0.4) is 0 Å². The van der Waals surface area contributed by atoms with Crippen LogP contribution < -0.4 is 5.32 Å². The number of carbonyl (C=O) groups excluding carboxylic acids is 2. The van der Waals surface area contributed by atoms with E-state index in [1.165, 1.54) is 0 Å². The summed E-state index contributed by atoms with van der Waals surface area (Å²) < 4.78 is 0. The van der Waals surface area contributed by atoms with Crippen LogP contribution in [0.15, 0.2) is 18.2 Å². The van der Waals surface area contributed by atoms with Crippen molar-refractivity contribution in [2.75, 3.05) is 18.4 Å². The number of hydrogen-bond acceptors (Lipinski definition) is 3. The first-order valence-corrected chi connectivity index (χ1v) is 8.19. The second kappa shape index (κ2) is 6.58. The predicted octanol–water partition coefficient (Wildman–Crippen LogP) is 2.80. The average Bonchev–Trinajstić information content (AvgIpc) is 2.98. The normalized spacial score (nSPS) is 18.2. The first-order valence-electron chi connectivity index (χ1n) is 7.81. The highest BCUT2D eigenvalue weighted by atomic mass is 35.5. The number of nitrogens with zero attached hydrogens (tertiary/aromatic N) is 2. The molecule has 2 N–H and O–H groups in total. The first-order chi connectivity index (χ1) is 11.1. The lowest BCUT2D eigenvalue weighted by molar-refractivity contribution is -0.134. The summed E-state index contributed by atoms with van der Waals surface area (Å²) in [5, 5.41) is 11.2. The number of nitrogens with one attached hydrogen (secondary N) is 2. The Balaban J connectivity index is 1.73. The van der Waals surface area contributed by atoms with Gasteiger partial charge in [0.1, 0.15) is 0 Å². The lowest BCUT2D eigenvalue weighted by Gasteiger charge is -2.31. The third-order valence-corrected chi connectivity index (χ3v) is 4.55. The van der Waals surface area contributed by atoms with E-state index in [9.17, 15) is 9.59 Å². The van der Waals surface area contributed by atoms with Gasteiger partial charge >= 0.3 is 0 Å². The van der Waals surface area contributed by atoms with Crippen molar-refractivity contribution in [3.63, 3.8) is 0 Å². The number of anilines is 1. The number of amides is 2. The van der Waals surface area contributed by atoms with E-state index in [1.54, 1.807) is 11.0 Å². The molecule has 6 nitrogen and oxygen atoms in total. The molecular weight excluding hydrogens is 316 g/mol. The van der Waals surface area contributed by atoms with Crippen LogP contribution in [0.25, 0.3) is 10.9 Å². The molecule has 1 fully saturated rings. The molecule has 122 valence electrons. The number of rotatable bonds is 3. The highest BCUT2D eigenvalue weighted by Crippen LogP contribution is 2.27. The highest BCUT2D eigenvalue weighted by Gasteiger charge is 2.28. The number of carbonyl (C=O) groups is 2. The van der Waals surface area contributed by atoms with E-state index in [0.717, 1.165) is 24.8 Å². The summed E-state index contributed by atoms with van der Waals surface area (Å²) in [6.07, 6.45) is 2.09. The molecule has 1 aromatic heterocycles. The quantitative estimate of drug-likeness (QED) is 0.906. The van der Waals surface area contributed by atoms with Gasteiger partial charge in [-0.3, -0.25) is 14.7 Å². The number of aromatic nitrogens is 2. The van der Waals surface area contributed by atoms with E-state index >= 15 is 0 Å². The molecule has 0 spiro atoms. The van der Waals surface area contributed by atoms with Gasteiger partial charge in [0, 0.05) is 24.9 Å². The number of benzene rings is 1. The number of H-pyrrole nitrogens is 1. The zero-order valence-electron chi connectivity index (χ0n) is 12.9. The second-order valence-electron chi connectivity index (χ2n) is 5.76. The van der Waals surface area contributed by atoms with Gasteiger partial charge in [0.05, 0.1) is 16.5 Å². The Kier molecular flexibility index (Phi) is 4.52. The van der Waals surface area contributed by atoms with E-state index in [-0.39, 0.29) is 17.7 Å². The number of piperidine rings is 1. The molecule has 0 saturated carbocycles. The van der Waals surface area contributed by atoms with Gasteiger partial charge in [-0.05, 0) is 25.0 Å². The summed E-state index contributed by atoms with van der Waals surface area (Å²) in [5.74, 6) is 0.267. The molecule has 1 aromatic carbocycles. The fourth-order valence-electron chi connectivity index (χ4n) is 2.96. The smallest absolute Gasteiger partial charge is 0.230 e. The van der Waals surface area contributed by atoms with Crippen LogP contribution in [-0.4, -0.2) is 40.0 Å². The largest absolute Gasteiger partial charge is 0.342 e. The minimum atomic E-state index is -0.204. The maximum absolute atomic E-state index is 12.5. The molecule has 1 saturated heterocycles. The zero-order chi connectivity index (χ0) is 16.4. The van der Waals surface area contributed by atoms with Gasteiger partial charge in [-0.15, -0.1) is 0 Å². The number of likely N-dealkylation sites (tertiary alicyclic amines) is 1. The minimum absolute atomic E-state index is 0.0968. The Morgan fingerprint density at radius 1 is 1.48 bits per heavy atom. The Hall–Kier alpha value is -2.08. The van der Waals surface area contributed by atoms with Crippen LogP contribution in [0.4, 0.5) is 5.82 Å². The van der Waals surface area contributed by atoms with Crippen LogP contribution in [0.1, 0.15) is 26.2 Å². The molecule has 1 aliphatic rings. The van der Waals surface area contributed by atoms with Gasteiger partial charge in [0.2, 0.25) is 11.8 Å². The van der Waals surface area contributed by atoms with Crippen LogP contribution >= 0.6 is 11.6 Å². The number of halogens is 1. The Morgan fingerprint density at radius 2 is 2.30 bits per heavy atom. The van der Waals surface area contributed by atoms with Gasteiger partial charge in [-0.1, -0.05) is 24.6 Å². The van der Waals surface area contributed by atoms with E-state index in [0.29, 0.717) is 29.3 Å².